The van der Waals surface area contributed by atoms with E-state index in [1.54, 1.807) is 18.2 Å². The second-order valence-corrected chi connectivity index (χ2v) is 5.88. The molecule has 108 valence electrons. The van der Waals surface area contributed by atoms with Gasteiger partial charge in [0, 0.05) is 21.1 Å². The predicted molar refractivity (Wildman–Crippen MR) is 89.7 cm³/mol. The van der Waals surface area contributed by atoms with Crippen LogP contribution in [0.4, 0.5) is 5.69 Å². The van der Waals surface area contributed by atoms with E-state index < -0.39 is 0 Å². The number of fused-ring (bicyclic) bond motifs is 3. The largest absolute Gasteiger partial charge is 0.449 e. The molecule has 0 spiro atoms. The Kier molecular flexibility index (Phi) is 2.80. The van der Waals surface area contributed by atoms with E-state index in [4.69, 9.17) is 10.2 Å². The lowest BCUT2D eigenvalue weighted by atomic mass is 10.2. The highest BCUT2D eigenvalue weighted by atomic mass is 79.9. The first-order valence-corrected chi connectivity index (χ1v) is 7.39. The van der Waals surface area contributed by atoms with Gasteiger partial charge in [-0.15, -0.1) is 0 Å². The van der Waals surface area contributed by atoms with Gasteiger partial charge >= 0.3 is 0 Å². The molecule has 0 aliphatic heterocycles. The quantitative estimate of drug-likeness (QED) is 0.510. The highest BCUT2D eigenvalue weighted by Crippen LogP contribution is 2.29. The van der Waals surface area contributed by atoms with Gasteiger partial charge in [-0.05, 0) is 30.3 Å². The van der Waals surface area contributed by atoms with Crippen molar-refractivity contribution in [1.82, 2.24) is 9.97 Å². The lowest BCUT2D eigenvalue weighted by Crippen LogP contribution is -2.08. The lowest BCUT2D eigenvalue weighted by molar-refractivity contribution is 0.661. The molecule has 2 aromatic carbocycles. The standard InChI is InChI=1S/C16H10BrN3O2/c17-9-4-5-12-11(7-9)13-14(22-12)16(21)20-15(19-13)8-2-1-3-10(18)6-8/h1-7H,18H2,(H,19,20,21). The van der Waals surface area contributed by atoms with Crippen LogP contribution in [0.5, 0.6) is 0 Å². The van der Waals surface area contributed by atoms with E-state index in [0.29, 0.717) is 22.6 Å². The first-order valence-electron chi connectivity index (χ1n) is 6.60. The number of H-pyrrole nitrogens is 1. The number of anilines is 1. The van der Waals surface area contributed by atoms with Crippen LogP contribution in [0.2, 0.25) is 0 Å². The van der Waals surface area contributed by atoms with Crippen LogP contribution in [0.3, 0.4) is 0 Å². The maximum Gasteiger partial charge on any atom is 0.294 e. The minimum absolute atomic E-state index is 0.223. The zero-order chi connectivity index (χ0) is 15.3. The highest BCUT2D eigenvalue weighted by Gasteiger charge is 2.14. The van der Waals surface area contributed by atoms with E-state index in [1.807, 2.05) is 24.3 Å². The number of hydrogen-bond donors (Lipinski definition) is 2. The Morgan fingerprint density at radius 2 is 2.05 bits per heavy atom. The summed E-state index contributed by atoms with van der Waals surface area (Å²) >= 11 is 3.42. The number of halogens is 1. The van der Waals surface area contributed by atoms with Crippen LogP contribution in [0.15, 0.2) is 56.1 Å². The Hall–Kier alpha value is -2.60. The van der Waals surface area contributed by atoms with E-state index in [2.05, 4.69) is 25.9 Å². The molecule has 0 amide bonds. The Labute approximate surface area is 132 Å². The fraction of sp³-hybridized carbons (Fsp3) is 0. The molecule has 0 radical (unpaired) electrons. The number of furan rings is 1. The Morgan fingerprint density at radius 3 is 2.86 bits per heavy atom. The van der Waals surface area contributed by atoms with Crippen molar-refractivity contribution in [2.45, 2.75) is 0 Å². The molecule has 0 aliphatic carbocycles. The molecule has 4 rings (SSSR count). The van der Waals surface area contributed by atoms with Crippen LogP contribution in [0, 0.1) is 0 Å². The van der Waals surface area contributed by atoms with Gasteiger partial charge in [0.15, 0.2) is 0 Å². The number of nitrogens with one attached hydrogen (secondary N) is 1. The number of nitrogens with two attached hydrogens (primary N) is 1. The van der Waals surface area contributed by atoms with Crippen molar-refractivity contribution < 1.29 is 4.42 Å². The summed E-state index contributed by atoms with van der Waals surface area (Å²) in [7, 11) is 0. The predicted octanol–water partition coefficient (Wildman–Crippen LogP) is 3.68. The van der Waals surface area contributed by atoms with Gasteiger partial charge in [0.1, 0.15) is 16.9 Å². The van der Waals surface area contributed by atoms with Crippen molar-refractivity contribution >= 4 is 43.7 Å². The average Bonchev–Trinajstić information content (AvgIpc) is 2.86. The van der Waals surface area contributed by atoms with Crippen molar-refractivity contribution in [2.75, 3.05) is 5.73 Å². The molecule has 0 aliphatic rings. The third-order valence-corrected chi connectivity index (χ3v) is 3.94. The van der Waals surface area contributed by atoms with E-state index in [1.165, 1.54) is 0 Å². The summed E-state index contributed by atoms with van der Waals surface area (Å²) in [5.74, 6) is 0.465. The molecule has 0 saturated heterocycles. The van der Waals surface area contributed by atoms with Gasteiger partial charge in [-0.2, -0.15) is 0 Å². The molecule has 2 heterocycles. The van der Waals surface area contributed by atoms with E-state index >= 15 is 0 Å². The van der Waals surface area contributed by atoms with Crippen LogP contribution >= 0.6 is 15.9 Å². The molecule has 6 heteroatoms. The molecule has 0 saturated carbocycles. The summed E-state index contributed by atoms with van der Waals surface area (Å²) in [5.41, 5.74) is 8.23. The van der Waals surface area contributed by atoms with E-state index in [9.17, 15) is 4.79 Å². The van der Waals surface area contributed by atoms with Gasteiger partial charge in [-0.25, -0.2) is 4.98 Å². The molecular formula is C16H10BrN3O2. The molecule has 0 fully saturated rings. The van der Waals surface area contributed by atoms with Crippen molar-refractivity contribution in [3.63, 3.8) is 0 Å². The first kappa shape index (κ1) is 13.1. The first-order chi connectivity index (χ1) is 10.6. The summed E-state index contributed by atoms with van der Waals surface area (Å²) in [4.78, 5) is 19.6. The second-order valence-electron chi connectivity index (χ2n) is 4.96. The smallest absolute Gasteiger partial charge is 0.294 e. The van der Waals surface area contributed by atoms with Crippen molar-refractivity contribution in [3.8, 4) is 11.4 Å². The number of rotatable bonds is 1. The number of nitrogens with zero attached hydrogens (tertiary/aromatic N) is 1. The highest BCUT2D eigenvalue weighted by molar-refractivity contribution is 9.10. The van der Waals surface area contributed by atoms with Crippen molar-refractivity contribution in [1.29, 1.82) is 0 Å². The number of benzene rings is 2. The number of aromatic amines is 1. The maximum absolute atomic E-state index is 12.3. The van der Waals surface area contributed by atoms with Crippen LogP contribution < -0.4 is 11.3 Å². The van der Waals surface area contributed by atoms with Gasteiger partial charge in [-0.1, -0.05) is 28.1 Å². The molecule has 0 unspecified atom stereocenters. The topological polar surface area (TPSA) is 84.9 Å². The fourth-order valence-corrected chi connectivity index (χ4v) is 2.81. The van der Waals surface area contributed by atoms with Gasteiger partial charge in [0.25, 0.3) is 5.56 Å². The van der Waals surface area contributed by atoms with Crippen molar-refractivity contribution in [3.05, 3.63) is 57.3 Å². The van der Waals surface area contributed by atoms with E-state index in [-0.39, 0.29) is 11.1 Å². The zero-order valence-corrected chi connectivity index (χ0v) is 12.8. The normalized spacial score (nSPS) is 11.3. The van der Waals surface area contributed by atoms with E-state index in [0.717, 1.165) is 15.4 Å². The zero-order valence-electron chi connectivity index (χ0n) is 11.3. The van der Waals surface area contributed by atoms with Gasteiger partial charge in [-0.3, -0.25) is 4.79 Å². The van der Waals surface area contributed by atoms with Gasteiger partial charge in [0.05, 0.1) is 0 Å². The lowest BCUT2D eigenvalue weighted by Gasteiger charge is -2.01. The van der Waals surface area contributed by atoms with Crippen LogP contribution in [-0.2, 0) is 0 Å². The molecule has 0 atom stereocenters. The van der Waals surface area contributed by atoms with Crippen LogP contribution in [0.1, 0.15) is 0 Å². The molecule has 22 heavy (non-hydrogen) atoms. The minimum atomic E-state index is -0.310. The summed E-state index contributed by atoms with van der Waals surface area (Å²) in [6, 6.07) is 12.8. The molecular weight excluding hydrogens is 346 g/mol. The number of nitrogen functional groups attached to an aromatic ring is 1. The second kappa shape index (κ2) is 4.71. The molecule has 0 bridgehead atoms. The average molecular weight is 356 g/mol. The van der Waals surface area contributed by atoms with Gasteiger partial charge < -0.3 is 15.1 Å². The molecule has 2 aromatic heterocycles. The monoisotopic (exact) mass is 355 g/mol. The summed E-state index contributed by atoms with van der Waals surface area (Å²) in [6.45, 7) is 0. The molecule has 4 aromatic rings. The summed E-state index contributed by atoms with van der Waals surface area (Å²) in [5, 5.41) is 0.792. The summed E-state index contributed by atoms with van der Waals surface area (Å²) < 4.78 is 6.50. The molecule has 5 nitrogen and oxygen atoms in total. The Bertz CT molecular complexity index is 1080. The Balaban J connectivity index is 2.08. The van der Waals surface area contributed by atoms with Crippen molar-refractivity contribution in [2.24, 2.45) is 0 Å². The summed E-state index contributed by atoms with van der Waals surface area (Å²) in [6.07, 6.45) is 0. The molecule has 3 N–H and O–H groups in total. The SMILES string of the molecule is Nc1cccc(-c2nc3c(oc4ccc(Br)cc43)c(=O)[nH]2)c1. The van der Waals surface area contributed by atoms with Gasteiger partial charge in [0.2, 0.25) is 5.58 Å². The van der Waals surface area contributed by atoms with Crippen LogP contribution in [0.25, 0.3) is 33.5 Å². The fourth-order valence-electron chi connectivity index (χ4n) is 2.45. The number of hydrogen-bond acceptors (Lipinski definition) is 4. The van der Waals surface area contributed by atoms with Crippen LogP contribution in [-0.4, -0.2) is 9.97 Å². The maximum atomic E-state index is 12.3. The Morgan fingerprint density at radius 1 is 1.18 bits per heavy atom. The third-order valence-electron chi connectivity index (χ3n) is 3.45. The number of aromatic nitrogens is 2. The minimum Gasteiger partial charge on any atom is -0.449 e. The third kappa shape index (κ3) is 2.00.